The van der Waals surface area contributed by atoms with Crippen molar-refractivity contribution in [1.82, 2.24) is 5.32 Å². The second kappa shape index (κ2) is 7.04. The molecule has 0 bridgehead atoms. The highest BCUT2D eigenvalue weighted by molar-refractivity contribution is 9.10. The number of nitrogens with one attached hydrogen (secondary N) is 1. The minimum atomic E-state index is -1.15. The van der Waals surface area contributed by atoms with E-state index in [1.165, 1.54) is 12.1 Å². The molecule has 0 saturated carbocycles. The van der Waals surface area contributed by atoms with Gasteiger partial charge in [0.05, 0.1) is 23.2 Å². The van der Waals surface area contributed by atoms with Crippen molar-refractivity contribution in [3.8, 4) is 0 Å². The van der Waals surface area contributed by atoms with Crippen molar-refractivity contribution >= 4 is 21.9 Å². The van der Waals surface area contributed by atoms with E-state index in [2.05, 4.69) is 21.2 Å². The zero-order valence-electron chi connectivity index (χ0n) is 11.7. The van der Waals surface area contributed by atoms with Gasteiger partial charge in [0.2, 0.25) is 5.76 Å². The monoisotopic (exact) mass is 371 g/mol. The van der Waals surface area contributed by atoms with E-state index in [0.29, 0.717) is 15.8 Å². The van der Waals surface area contributed by atoms with Crippen LogP contribution in [-0.2, 0) is 0 Å². The first-order valence-corrected chi connectivity index (χ1v) is 7.36. The third-order valence-corrected chi connectivity index (χ3v) is 3.89. The Labute approximate surface area is 134 Å². The number of benzene rings is 1. The van der Waals surface area contributed by atoms with E-state index in [4.69, 9.17) is 9.52 Å². The van der Waals surface area contributed by atoms with Crippen LogP contribution in [-0.4, -0.2) is 22.8 Å². The molecule has 0 spiro atoms. The highest BCUT2D eigenvalue weighted by Gasteiger charge is 2.19. The first-order valence-electron chi connectivity index (χ1n) is 6.57. The van der Waals surface area contributed by atoms with Crippen LogP contribution in [0.4, 0.5) is 4.39 Å². The van der Waals surface area contributed by atoms with Gasteiger partial charge in [-0.2, -0.15) is 0 Å². The summed E-state index contributed by atoms with van der Waals surface area (Å²) in [6.45, 7) is 1.53. The summed E-state index contributed by atoms with van der Waals surface area (Å²) < 4.78 is 19.1. The fourth-order valence-corrected chi connectivity index (χ4v) is 2.31. The predicted molar refractivity (Wildman–Crippen MR) is 81.1 cm³/mol. The number of carboxylic acids is 1. The molecule has 0 aliphatic carbocycles. The Morgan fingerprint density at radius 3 is 2.68 bits per heavy atom. The second-order valence-corrected chi connectivity index (χ2v) is 5.66. The Morgan fingerprint density at radius 1 is 1.41 bits per heavy atom. The maximum atomic E-state index is 13.6. The lowest BCUT2D eigenvalue weighted by Gasteiger charge is -2.21. The molecule has 7 heteroatoms. The molecular formula is C15H15BrFNO4. The van der Waals surface area contributed by atoms with E-state index >= 15 is 0 Å². The summed E-state index contributed by atoms with van der Waals surface area (Å²) >= 11 is 3.08. The maximum absolute atomic E-state index is 13.6. The smallest absolute Gasteiger partial charge is 0.371 e. The van der Waals surface area contributed by atoms with Gasteiger partial charge in [-0.1, -0.05) is 6.07 Å². The lowest BCUT2D eigenvalue weighted by Crippen LogP contribution is -2.27. The standard InChI is InChI=1S/C15H15BrFNO4/c1-8(13-4-5-14(22-13)15(20)21)18-12(7-19)9-2-3-10(16)11(17)6-9/h2-6,8,12,18-19H,7H2,1H3,(H,20,21). The lowest BCUT2D eigenvalue weighted by molar-refractivity contribution is 0.0659. The van der Waals surface area contributed by atoms with Crippen molar-refractivity contribution in [2.75, 3.05) is 6.61 Å². The van der Waals surface area contributed by atoms with Crippen LogP contribution in [0.2, 0.25) is 0 Å². The average molecular weight is 372 g/mol. The number of hydrogen-bond acceptors (Lipinski definition) is 4. The number of furan rings is 1. The molecule has 2 atom stereocenters. The summed E-state index contributed by atoms with van der Waals surface area (Å²) in [5.74, 6) is -1.30. The highest BCUT2D eigenvalue weighted by atomic mass is 79.9. The average Bonchev–Trinajstić information content (AvgIpc) is 2.97. The van der Waals surface area contributed by atoms with Gasteiger partial charge in [0, 0.05) is 0 Å². The fourth-order valence-electron chi connectivity index (χ4n) is 2.07. The van der Waals surface area contributed by atoms with E-state index in [0.717, 1.165) is 0 Å². The lowest BCUT2D eigenvalue weighted by atomic mass is 10.1. The number of hydrogen-bond donors (Lipinski definition) is 3. The number of aromatic carboxylic acids is 1. The molecule has 0 aliphatic rings. The zero-order chi connectivity index (χ0) is 16.3. The Morgan fingerprint density at radius 2 is 2.14 bits per heavy atom. The van der Waals surface area contributed by atoms with Crippen molar-refractivity contribution in [1.29, 1.82) is 0 Å². The van der Waals surface area contributed by atoms with E-state index in [-0.39, 0.29) is 18.4 Å². The molecule has 2 unspecified atom stereocenters. The van der Waals surface area contributed by atoms with Gasteiger partial charge in [-0.05, 0) is 52.7 Å². The number of carbonyl (C=O) groups is 1. The highest BCUT2D eigenvalue weighted by Crippen LogP contribution is 2.24. The van der Waals surface area contributed by atoms with E-state index in [1.807, 2.05) is 0 Å². The topological polar surface area (TPSA) is 82.7 Å². The number of aliphatic hydroxyl groups is 1. The molecule has 22 heavy (non-hydrogen) atoms. The fraction of sp³-hybridized carbons (Fsp3) is 0.267. The molecular weight excluding hydrogens is 357 g/mol. The van der Waals surface area contributed by atoms with Gasteiger partial charge in [0.25, 0.3) is 0 Å². The Balaban J connectivity index is 2.14. The molecule has 5 nitrogen and oxygen atoms in total. The third-order valence-electron chi connectivity index (χ3n) is 3.24. The van der Waals surface area contributed by atoms with E-state index in [1.54, 1.807) is 25.1 Å². The van der Waals surface area contributed by atoms with Crippen molar-refractivity contribution < 1.29 is 23.8 Å². The van der Waals surface area contributed by atoms with Crippen LogP contribution in [0.25, 0.3) is 0 Å². The largest absolute Gasteiger partial charge is 0.475 e. The number of carboxylic acid groups (broad SMARTS) is 1. The van der Waals surface area contributed by atoms with Crippen LogP contribution in [0, 0.1) is 5.82 Å². The molecule has 0 aliphatic heterocycles. The molecule has 0 amide bonds. The van der Waals surface area contributed by atoms with Gasteiger partial charge >= 0.3 is 5.97 Å². The van der Waals surface area contributed by atoms with E-state index in [9.17, 15) is 14.3 Å². The molecule has 2 aromatic rings. The molecule has 1 aromatic carbocycles. The van der Waals surface area contributed by atoms with Gasteiger partial charge in [-0.25, -0.2) is 9.18 Å². The van der Waals surface area contributed by atoms with Crippen molar-refractivity contribution in [2.24, 2.45) is 0 Å². The summed E-state index contributed by atoms with van der Waals surface area (Å²) in [5.41, 5.74) is 0.583. The van der Waals surface area contributed by atoms with Crippen molar-refractivity contribution in [3.63, 3.8) is 0 Å². The van der Waals surface area contributed by atoms with Crippen molar-refractivity contribution in [3.05, 3.63) is 57.7 Å². The molecule has 0 fully saturated rings. The number of aliphatic hydroxyl groups excluding tert-OH is 1. The van der Waals surface area contributed by atoms with E-state index < -0.39 is 17.8 Å². The number of halogens is 2. The molecule has 118 valence electrons. The molecule has 0 saturated heterocycles. The Bertz CT molecular complexity index is 673. The maximum Gasteiger partial charge on any atom is 0.371 e. The summed E-state index contributed by atoms with van der Waals surface area (Å²) in [6.07, 6.45) is 0. The van der Waals surface area contributed by atoms with Crippen LogP contribution in [0.3, 0.4) is 0 Å². The zero-order valence-corrected chi connectivity index (χ0v) is 13.3. The van der Waals surface area contributed by atoms with Crippen LogP contribution < -0.4 is 5.32 Å². The molecule has 1 aromatic heterocycles. The van der Waals surface area contributed by atoms with Gasteiger partial charge < -0.3 is 14.6 Å². The SMILES string of the molecule is CC(NC(CO)c1ccc(Br)c(F)c1)c1ccc(C(=O)O)o1. The Hall–Kier alpha value is -1.70. The molecule has 1 heterocycles. The van der Waals surface area contributed by atoms with Gasteiger partial charge in [0.1, 0.15) is 11.6 Å². The van der Waals surface area contributed by atoms with Gasteiger partial charge in [-0.3, -0.25) is 5.32 Å². The second-order valence-electron chi connectivity index (χ2n) is 4.80. The molecule has 3 N–H and O–H groups in total. The summed E-state index contributed by atoms with van der Waals surface area (Å²) in [4.78, 5) is 10.8. The van der Waals surface area contributed by atoms with Crippen LogP contribution >= 0.6 is 15.9 Å². The van der Waals surface area contributed by atoms with Gasteiger partial charge in [-0.15, -0.1) is 0 Å². The minimum absolute atomic E-state index is 0.154. The summed E-state index contributed by atoms with van der Waals surface area (Å²) in [7, 11) is 0. The molecule has 2 rings (SSSR count). The summed E-state index contributed by atoms with van der Waals surface area (Å²) in [6, 6.07) is 6.65. The van der Waals surface area contributed by atoms with Crippen LogP contribution in [0.5, 0.6) is 0 Å². The van der Waals surface area contributed by atoms with Crippen LogP contribution in [0.1, 0.15) is 40.9 Å². The predicted octanol–water partition coefficient (Wildman–Crippen LogP) is 3.26. The Kier molecular flexibility index (Phi) is 5.33. The third kappa shape index (κ3) is 3.73. The van der Waals surface area contributed by atoms with Gasteiger partial charge in [0.15, 0.2) is 0 Å². The minimum Gasteiger partial charge on any atom is -0.475 e. The normalized spacial score (nSPS) is 13.8. The van der Waals surface area contributed by atoms with Crippen LogP contribution in [0.15, 0.2) is 39.2 Å². The van der Waals surface area contributed by atoms with Crippen molar-refractivity contribution in [2.45, 2.75) is 19.0 Å². The summed E-state index contributed by atoms with van der Waals surface area (Å²) in [5, 5.41) is 21.4. The first kappa shape index (κ1) is 16.7. The molecule has 0 radical (unpaired) electrons. The first-order chi connectivity index (χ1) is 10.4. The number of rotatable bonds is 6. The quantitative estimate of drug-likeness (QED) is 0.725.